The maximum absolute atomic E-state index is 8.49. The molecular formula is C12H11N5. The topological polar surface area (TPSA) is 73.6 Å². The van der Waals surface area contributed by atoms with E-state index in [0.717, 1.165) is 5.69 Å². The first-order valence-corrected chi connectivity index (χ1v) is 5.09. The highest BCUT2D eigenvalue weighted by Crippen LogP contribution is 2.16. The highest BCUT2D eigenvalue weighted by molar-refractivity contribution is 5.59. The molecule has 1 heterocycles. The van der Waals surface area contributed by atoms with E-state index in [1.165, 1.54) is 11.9 Å². The molecule has 17 heavy (non-hydrogen) atoms. The summed E-state index contributed by atoms with van der Waals surface area (Å²) in [6.07, 6.45) is 3.21. The standard InChI is InChI=1S/C12H11N5/c1-9-2-4-10(5-3-9)17-12-6-11(14-7-13)15-8-16-12/h2-6,8H,1H3,(H2,14,15,16,17). The van der Waals surface area contributed by atoms with Gasteiger partial charge in [-0.25, -0.2) is 9.97 Å². The summed E-state index contributed by atoms with van der Waals surface area (Å²) in [5.74, 6) is 1.11. The molecule has 2 N–H and O–H groups in total. The van der Waals surface area contributed by atoms with Crippen LogP contribution in [0.3, 0.4) is 0 Å². The Bertz CT molecular complexity index is 542. The van der Waals surface area contributed by atoms with E-state index < -0.39 is 0 Å². The molecule has 0 fully saturated rings. The van der Waals surface area contributed by atoms with Gasteiger partial charge in [-0.05, 0) is 19.1 Å². The van der Waals surface area contributed by atoms with Gasteiger partial charge < -0.3 is 5.32 Å². The maximum atomic E-state index is 8.49. The van der Waals surface area contributed by atoms with Crippen molar-refractivity contribution in [3.63, 3.8) is 0 Å². The van der Waals surface area contributed by atoms with Crippen LogP contribution in [-0.4, -0.2) is 9.97 Å². The fraction of sp³-hybridized carbons (Fsp3) is 0.0833. The summed E-state index contributed by atoms with van der Waals surface area (Å²) in [7, 11) is 0. The number of anilines is 3. The van der Waals surface area contributed by atoms with Crippen molar-refractivity contribution >= 4 is 17.3 Å². The van der Waals surface area contributed by atoms with Gasteiger partial charge in [-0.1, -0.05) is 17.7 Å². The van der Waals surface area contributed by atoms with Crippen LogP contribution < -0.4 is 10.6 Å². The van der Waals surface area contributed by atoms with Gasteiger partial charge in [0.15, 0.2) is 6.19 Å². The molecule has 0 radical (unpaired) electrons. The van der Waals surface area contributed by atoms with E-state index >= 15 is 0 Å². The summed E-state index contributed by atoms with van der Waals surface area (Å²) in [4.78, 5) is 7.97. The first kappa shape index (κ1) is 10.9. The first-order valence-electron chi connectivity index (χ1n) is 5.09. The summed E-state index contributed by atoms with van der Waals surface area (Å²) in [6.45, 7) is 2.03. The lowest BCUT2D eigenvalue weighted by Gasteiger charge is -2.06. The second-order valence-corrected chi connectivity index (χ2v) is 3.52. The Morgan fingerprint density at radius 3 is 2.53 bits per heavy atom. The van der Waals surface area contributed by atoms with Crippen LogP contribution in [0.25, 0.3) is 0 Å². The highest BCUT2D eigenvalue weighted by Gasteiger charge is 1.98. The lowest BCUT2D eigenvalue weighted by Crippen LogP contribution is -1.97. The van der Waals surface area contributed by atoms with Crippen molar-refractivity contribution in [2.45, 2.75) is 6.92 Å². The highest BCUT2D eigenvalue weighted by atomic mass is 15.1. The predicted molar refractivity (Wildman–Crippen MR) is 65.7 cm³/mol. The third-order valence-electron chi connectivity index (χ3n) is 2.18. The van der Waals surface area contributed by atoms with Gasteiger partial charge in [0.1, 0.15) is 18.0 Å². The smallest absolute Gasteiger partial charge is 0.182 e. The summed E-state index contributed by atoms with van der Waals surface area (Å²) in [6, 6.07) is 9.63. The van der Waals surface area contributed by atoms with Crippen molar-refractivity contribution in [2.24, 2.45) is 0 Å². The van der Waals surface area contributed by atoms with Crippen molar-refractivity contribution in [1.82, 2.24) is 9.97 Å². The van der Waals surface area contributed by atoms with E-state index in [0.29, 0.717) is 11.6 Å². The van der Waals surface area contributed by atoms with Crippen molar-refractivity contribution < 1.29 is 0 Å². The molecule has 5 nitrogen and oxygen atoms in total. The van der Waals surface area contributed by atoms with Crippen LogP contribution in [0.1, 0.15) is 5.56 Å². The lowest BCUT2D eigenvalue weighted by molar-refractivity contribution is 1.17. The van der Waals surface area contributed by atoms with Gasteiger partial charge in [0, 0.05) is 11.8 Å². The fourth-order valence-corrected chi connectivity index (χ4v) is 1.34. The Labute approximate surface area is 99.1 Å². The van der Waals surface area contributed by atoms with Gasteiger partial charge in [0.2, 0.25) is 0 Å². The minimum Gasteiger partial charge on any atom is -0.340 e. The van der Waals surface area contributed by atoms with E-state index in [1.54, 1.807) is 6.07 Å². The summed E-state index contributed by atoms with van der Waals surface area (Å²) < 4.78 is 0. The third-order valence-corrected chi connectivity index (χ3v) is 2.18. The number of nitrogens with one attached hydrogen (secondary N) is 2. The van der Waals surface area contributed by atoms with Crippen LogP contribution in [0.4, 0.5) is 17.3 Å². The van der Waals surface area contributed by atoms with Gasteiger partial charge in [0.25, 0.3) is 0 Å². The summed E-state index contributed by atoms with van der Waals surface area (Å²) in [5.41, 5.74) is 2.14. The number of hydrogen-bond acceptors (Lipinski definition) is 5. The van der Waals surface area contributed by atoms with Gasteiger partial charge in [-0.2, -0.15) is 5.26 Å². The van der Waals surface area contributed by atoms with Crippen LogP contribution in [0, 0.1) is 18.4 Å². The number of benzene rings is 1. The molecular weight excluding hydrogens is 214 g/mol. The number of aromatic nitrogens is 2. The van der Waals surface area contributed by atoms with Gasteiger partial charge in [-0.3, -0.25) is 5.32 Å². The Balaban J connectivity index is 2.16. The number of nitrogens with zero attached hydrogens (tertiary/aromatic N) is 3. The van der Waals surface area contributed by atoms with Crippen LogP contribution in [0.2, 0.25) is 0 Å². The molecule has 0 amide bonds. The molecule has 0 aliphatic rings. The van der Waals surface area contributed by atoms with Crippen LogP contribution >= 0.6 is 0 Å². The summed E-state index contributed by atoms with van der Waals surface area (Å²) >= 11 is 0. The molecule has 0 saturated carbocycles. The van der Waals surface area contributed by atoms with Crippen LogP contribution in [0.5, 0.6) is 0 Å². The molecule has 84 valence electrons. The van der Waals surface area contributed by atoms with E-state index in [2.05, 4.69) is 20.6 Å². The van der Waals surface area contributed by atoms with Crippen molar-refractivity contribution in [2.75, 3.05) is 10.6 Å². The van der Waals surface area contributed by atoms with E-state index in [9.17, 15) is 0 Å². The van der Waals surface area contributed by atoms with E-state index in [4.69, 9.17) is 5.26 Å². The molecule has 2 rings (SSSR count). The van der Waals surface area contributed by atoms with E-state index in [-0.39, 0.29) is 0 Å². The maximum Gasteiger partial charge on any atom is 0.182 e. The molecule has 0 saturated heterocycles. The van der Waals surface area contributed by atoms with Crippen molar-refractivity contribution in [1.29, 1.82) is 5.26 Å². The van der Waals surface area contributed by atoms with Crippen molar-refractivity contribution in [3.8, 4) is 6.19 Å². The predicted octanol–water partition coefficient (Wildman–Crippen LogP) is 2.42. The minimum absolute atomic E-state index is 0.470. The molecule has 0 aliphatic heterocycles. The molecule has 1 aromatic carbocycles. The number of nitriles is 1. The molecule has 0 spiro atoms. The monoisotopic (exact) mass is 225 g/mol. The molecule has 2 aromatic rings. The van der Waals surface area contributed by atoms with Crippen molar-refractivity contribution in [3.05, 3.63) is 42.2 Å². The fourth-order valence-electron chi connectivity index (χ4n) is 1.34. The first-order chi connectivity index (χ1) is 8.28. The Morgan fingerprint density at radius 1 is 1.12 bits per heavy atom. The average Bonchev–Trinajstić information content (AvgIpc) is 2.33. The minimum atomic E-state index is 0.470. The number of hydrogen-bond donors (Lipinski definition) is 2. The second kappa shape index (κ2) is 4.94. The zero-order valence-corrected chi connectivity index (χ0v) is 9.31. The molecule has 0 aliphatic carbocycles. The summed E-state index contributed by atoms with van der Waals surface area (Å²) in [5, 5.41) is 14.1. The zero-order chi connectivity index (χ0) is 12.1. The Hall–Kier alpha value is -2.61. The Morgan fingerprint density at radius 2 is 1.82 bits per heavy atom. The normalized spacial score (nSPS) is 9.41. The number of aryl methyl sites for hydroxylation is 1. The molecule has 5 heteroatoms. The van der Waals surface area contributed by atoms with Gasteiger partial charge in [0.05, 0.1) is 0 Å². The second-order valence-electron chi connectivity index (χ2n) is 3.52. The van der Waals surface area contributed by atoms with Gasteiger partial charge in [-0.15, -0.1) is 0 Å². The average molecular weight is 225 g/mol. The molecule has 0 atom stereocenters. The largest absolute Gasteiger partial charge is 0.340 e. The molecule has 0 unspecified atom stereocenters. The van der Waals surface area contributed by atoms with Crippen LogP contribution in [-0.2, 0) is 0 Å². The van der Waals surface area contributed by atoms with Crippen LogP contribution in [0.15, 0.2) is 36.7 Å². The number of rotatable bonds is 3. The SMILES string of the molecule is Cc1ccc(Nc2cc(NC#N)ncn2)cc1. The van der Waals surface area contributed by atoms with E-state index in [1.807, 2.05) is 37.4 Å². The third kappa shape index (κ3) is 2.92. The molecule has 0 bridgehead atoms. The zero-order valence-electron chi connectivity index (χ0n) is 9.31. The van der Waals surface area contributed by atoms with Gasteiger partial charge >= 0.3 is 0 Å². The quantitative estimate of drug-likeness (QED) is 0.620. The lowest BCUT2D eigenvalue weighted by atomic mass is 10.2. The Kier molecular flexibility index (Phi) is 3.17. The molecule has 1 aromatic heterocycles.